The molecule has 0 fully saturated rings. The second kappa shape index (κ2) is 13.3. The first-order valence-electron chi connectivity index (χ1n) is 13.8. The zero-order chi connectivity index (χ0) is 30.4. The summed E-state index contributed by atoms with van der Waals surface area (Å²) in [7, 11) is -3.88. The maximum atomic E-state index is 11.7. The van der Waals surface area contributed by atoms with Gasteiger partial charge in [-0.2, -0.15) is 0 Å². The first-order valence-corrected chi connectivity index (χ1v) is 16.2. The molecule has 6 rings (SSSR count). The van der Waals surface area contributed by atoms with Crippen molar-refractivity contribution in [3.8, 4) is 5.75 Å². The maximum absolute atomic E-state index is 11.7. The highest BCUT2D eigenvalue weighted by Crippen LogP contribution is 2.35. The lowest BCUT2D eigenvalue weighted by Crippen LogP contribution is -2.22. The Kier molecular flexibility index (Phi) is 8.89. The van der Waals surface area contributed by atoms with Gasteiger partial charge in [-0.1, -0.05) is 108 Å². The van der Waals surface area contributed by atoms with Gasteiger partial charge in [0.1, 0.15) is 30.2 Å². The molecular formula is C33H29N5O4S2. The summed E-state index contributed by atoms with van der Waals surface area (Å²) in [5.41, 5.74) is 4.30. The van der Waals surface area contributed by atoms with Crippen LogP contribution in [0.4, 0.5) is 0 Å². The van der Waals surface area contributed by atoms with Crippen LogP contribution in [0.5, 0.6) is 5.75 Å². The third-order valence-electron chi connectivity index (χ3n) is 6.85. The summed E-state index contributed by atoms with van der Waals surface area (Å²) in [5, 5.41) is 14.1. The summed E-state index contributed by atoms with van der Waals surface area (Å²) in [5.74, 6) is 0.548. The lowest BCUT2D eigenvalue weighted by molar-refractivity contribution is 0.0403. The number of ether oxygens (including phenoxy) is 2. The predicted octanol–water partition coefficient (Wildman–Crippen LogP) is 6.17. The highest BCUT2D eigenvalue weighted by atomic mass is 32.2. The molecule has 2 aromatic heterocycles. The SMILES string of the molecule is NS(=O)(=O)c1nc2ccc(OCc3cn([C@@H](c4ccccc4)[C@@H](OC/C=C/c4ccccc4)c4ccccc4)nn3)cc2s1. The number of hydrogen-bond donors (Lipinski definition) is 1. The second-order valence-corrected chi connectivity index (χ2v) is 12.7. The largest absolute Gasteiger partial charge is 0.487 e. The van der Waals surface area contributed by atoms with E-state index in [1.165, 1.54) is 0 Å². The summed E-state index contributed by atoms with van der Waals surface area (Å²) in [4.78, 5) is 4.09. The van der Waals surface area contributed by atoms with Crippen molar-refractivity contribution in [3.05, 3.63) is 144 Å². The van der Waals surface area contributed by atoms with Crippen LogP contribution in [-0.4, -0.2) is 35.0 Å². The molecule has 0 radical (unpaired) electrons. The molecule has 2 heterocycles. The van der Waals surface area contributed by atoms with Gasteiger partial charge in [0.25, 0.3) is 10.0 Å². The van der Waals surface area contributed by atoms with Gasteiger partial charge in [-0.3, -0.25) is 0 Å². The Labute approximate surface area is 259 Å². The summed E-state index contributed by atoms with van der Waals surface area (Å²) < 4.78 is 38.3. The zero-order valence-electron chi connectivity index (χ0n) is 23.5. The van der Waals surface area contributed by atoms with Crippen molar-refractivity contribution in [1.82, 2.24) is 20.0 Å². The van der Waals surface area contributed by atoms with Gasteiger partial charge in [-0.25, -0.2) is 23.2 Å². The van der Waals surface area contributed by atoms with Gasteiger partial charge in [0.05, 0.1) is 23.0 Å². The lowest BCUT2D eigenvalue weighted by Gasteiger charge is -2.28. The van der Waals surface area contributed by atoms with Crippen molar-refractivity contribution in [1.29, 1.82) is 0 Å². The molecule has 9 nitrogen and oxygen atoms in total. The van der Waals surface area contributed by atoms with E-state index in [9.17, 15) is 8.42 Å². The van der Waals surface area contributed by atoms with E-state index in [1.807, 2.05) is 89.8 Å². The zero-order valence-corrected chi connectivity index (χ0v) is 25.1. The summed E-state index contributed by atoms with van der Waals surface area (Å²) in [6, 6.07) is 35.1. The van der Waals surface area contributed by atoms with Crippen molar-refractivity contribution >= 4 is 37.7 Å². The van der Waals surface area contributed by atoms with Gasteiger partial charge in [-0.15, -0.1) is 16.4 Å². The molecule has 0 aliphatic carbocycles. The van der Waals surface area contributed by atoms with Crippen LogP contribution in [0.2, 0.25) is 0 Å². The molecule has 222 valence electrons. The van der Waals surface area contributed by atoms with E-state index in [0.717, 1.165) is 28.0 Å². The Hall–Kier alpha value is -4.68. The number of aromatic nitrogens is 4. The van der Waals surface area contributed by atoms with E-state index in [2.05, 4.69) is 39.6 Å². The van der Waals surface area contributed by atoms with Crippen LogP contribution in [0, 0.1) is 0 Å². The highest BCUT2D eigenvalue weighted by Gasteiger charge is 2.28. The van der Waals surface area contributed by atoms with E-state index in [-0.39, 0.29) is 23.1 Å². The van der Waals surface area contributed by atoms with Gasteiger partial charge < -0.3 is 9.47 Å². The molecule has 2 atom stereocenters. The molecule has 0 amide bonds. The monoisotopic (exact) mass is 623 g/mol. The summed E-state index contributed by atoms with van der Waals surface area (Å²) >= 11 is 0.999. The van der Waals surface area contributed by atoms with Crippen molar-refractivity contribution in [2.75, 3.05) is 6.61 Å². The number of nitrogens with zero attached hydrogens (tertiary/aromatic N) is 4. The molecular weight excluding hydrogens is 595 g/mol. The first-order chi connectivity index (χ1) is 21.4. The number of nitrogens with two attached hydrogens (primary N) is 1. The first kappa shape index (κ1) is 29.4. The summed E-state index contributed by atoms with van der Waals surface area (Å²) in [6.45, 7) is 0.556. The molecule has 0 spiro atoms. The molecule has 11 heteroatoms. The van der Waals surface area contributed by atoms with E-state index in [0.29, 0.717) is 28.3 Å². The molecule has 44 heavy (non-hydrogen) atoms. The van der Waals surface area contributed by atoms with Crippen LogP contribution >= 0.6 is 11.3 Å². The number of hydrogen-bond acceptors (Lipinski definition) is 8. The van der Waals surface area contributed by atoms with Crippen molar-refractivity contribution in [2.45, 2.75) is 23.1 Å². The molecule has 0 aliphatic rings. The Morgan fingerprint density at radius 1 is 0.886 bits per heavy atom. The van der Waals surface area contributed by atoms with Crippen LogP contribution in [0.1, 0.15) is 34.5 Å². The van der Waals surface area contributed by atoms with Gasteiger partial charge >= 0.3 is 0 Å². The fraction of sp³-hybridized carbons (Fsp3) is 0.121. The van der Waals surface area contributed by atoms with Crippen LogP contribution in [-0.2, 0) is 21.4 Å². The van der Waals surface area contributed by atoms with E-state index >= 15 is 0 Å². The van der Waals surface area contributed by atoms with Crippen molar-refractivity contribution < 1.29 is 17.9 Å². The van der Waals surface area contributed by atoms with Gasteiger partial charge in [0.2, 0.25) is 4.34 Å². The average molecular weight is 624 g/mol. The molecule has 6 aromatic rings. The fourth-order valence-electron chi connectivity index (χ4n) is 4.80. The molecule has 0 unspecified atom stereocenters. The topological polar surface area (TPSA) is 122 Å². The van der Waals surface area contributed by atoms with Gasteiger partial charge in [0.15, 0.2) is 0 Å². The average Bonchev–Trinajstić information content (AvgIpc) is 3.70. The lowest BCUT2D eigenvalue weighted by atomic mass is 9.95. The number of primary sulfonamides is 1. The van der Waals surface area contributed by atoms with Crippen LogP contribution in [0.25, 0.3) is 16.3 Å². The Bertz CT molecular complexity index is 1960. The Morgan fingerprint density at radius 3 is 2.27 bits per heavy atom. The van der Waals surface area contributed by atoms with Crippen molar-refractivity contribution in [3.63, 3.8) is 0 Å². The van der Waals surface area contributed by atoms with Crippen molar-refractivity contribution in [2.24, 2.45) is 5.14 Å². The number of fused-ring (bicyclic) bond motifs is 1. The molecule has 4 aromatic carbocycles. The van der Waals surface area contributed by atoms with Gasteiger partial charge in [0, 0.05) is 0 Å². The maximum Gasteiger partial charge on any atom is 0.265 e. The minimum absolute atomic E-state index is 0.134. The minimum Gasteiger partial charge on any atom is -0.487 e. The van der Waals surface area contributed by atoms with Gasteiger partial charge in [-0.05, 0) is 34.9 Å². The predicted molar refractivity (Wildman–Crippen MR) is 171 cm³/mol. The molecule has 2 N–H and O–H groups in total. The molecule has 0 saturated heterocycles. The third-order valence-corrected chi connectivity index (χ3v) is 9.19. The Morgan fingerprint density at radius 2 is 1.57 bits per heavy atom. The van der Waals surface area contributed by atoms with E-state index < -0.39 is 10.0 Å². The van der Waals surface area contributed by atoms with Crippen LogP contribution < -0.4 is 9.88 Å². The van der Waals surface area contributed by atoms with E-state index in [1.54, 1.807) is 18.2 Å². The molecule has 0 bridgehead atoms. The third kappa shape index (κ3) is 7.09. The number of benzene rings is 4. The second-order valence-electron chi connectivity index (χ2n) is 9.97. The smallest absolute Gasteiger partial charge is 0.265 e. The standard InChI is InChI=1S/C33H29N5O4S2/c34-44(39,40)33-35-29-19-18-28(21-30(29)43-33)42-23-27-22-38(37-36-27)31(25-14-6-2-7-15-25)32(26-16-8-3-9-17-26)41-20-10-13-24-11-4-1-5-12-24/h1-19,21-22,31-32H,20,23H2,(H2,34,39,40)/b13-10+/t31-,32-/m0/s1. The Balaban J connectivity index is 1.24. The quantitative estimate of drug-likeness (QED) is 0.173. The molecule has 0 saturated carbocycles. The number of rotatable bonds is 12. The normalized spacial score (nSPS) is 13.3. The fourth-order valence-corrected chi connectivity index (χ4v) is 6.49. The van der Waals surface area contributed by atoms with Crippen LogP contribution in [0.3, 0.4) is 0 Å². The minimum atomic E-state index is -3.88. The van der Waals surface area contributed by atoms with Crippen LogP contribution in [0.15, 0.2) is 126 Å². The van der Waals surface area contributed by atoms with E-state index in [4.69, 9.17) is 14.6 Å². The number of sulfonamides is 1. The molecule has 0 aliphatic heterocycles. The summed E-state index contributed by atoms with van der Waals surface area (Å²) in [6.07, 6.45) is 5.56. The number of thiazole rings is 1. The highest BCUT2D eigenvalue weighted by molar-refractivity contribution is 7.91.